The number of thiophene rings is 2. The van der Waals surface area contributed by atoms with Crippen LogP contribution in [0.5, 0.6) is 0 Å². The molecule has 2 nitrogen and oxygen atoms in total. The zero-order valence-electron chi connectivity index (χ0n) is 13.1. The second-order valence-electron chi connectivity index (χ2n) is 5.66. The number of carbonyl (C=O) groups excluding carboxylic acids is 1. The number of benzene rings is 1. The number of rotatable bonds is 4. The fourth-order valence-corrected chi connectivity index (χ4v) is 5.65. The van der Waals surface area contributed by atoms with Crippen LogP contribution in [0.3, 0.4) is 0 Å². The van der Waals surface area contributed by atoms with Crippen molar-refractivity contribution >= 4 is 40.3 Å². The van der Waals surface area contributed by atoms with Crippen LogP contribution in [0.15, 0.2) is 64.2 Å². The molecule has 0 aliphatic carbocycles. The average molecular weight is 372 g/mol. The first-order valence-corrected chi connectivity index (χ1v) is 10.6. The van der Waals surface area contributed by atoms with Crippen LogP contribution in [-0.2, 0) is 11.2 Å². The minimum absolute atomic E-state index is 0.0869. The fourth-order valence-electron chi connectivity index (χ4n) is 3.08. The van der Waals surface area contributed by atoms with Gasteiger partial charge in [0.2, 0.25) is 5.91 Å². The van der Waals surface area contributed by atoms with Crippen LogP contribution in [0.1, 0.15) is 21.4 Å². The quantitative estimate of drug-likeness (QED) is 0.596. The zero-order chi connectivity index (χ0) is 16.4. The number of nitrogens with zero attached hydrogens (tertiary/aromatic N) is 1. The van der Waals surface area contributed by atoms with Gasteiger partial charge >= 0.3 is 0 Å². The highest BCUT2D eigenvalue weighted by Crippen LogP contribution is 2.39. The number of hydrogen-bond donors (Lipinski definition) is 0. The Morgan fingerprint density at radius 1 is 1.08 bits per heavy atom. The summed E-state index contributed by atoms with van der Waals surface area (Å²) < 4.78 is 0. The molecule has 0 N–H and O–H groups in total. The number of fused-ring (bicyclic) bond motifs is 1. The Balaban J connectivity index is 1.56. The van der Waals surface area contributed by atoms with E-state index in [9.17, 15) is 4.79 Å². The predicted octanol–water partition coefficient (Wildman–Crippen LogP) is 5.08. The second-order valence-corrected chi connectivity index (χ2v) is 8.68. The van der Waals surface area contributed by atoms with Gasteiger partial charge in [0.05, 0.1) is 11.8 Å². The van der Waals surface area contributed by atoms with E-state index in [0.29, 0.717) is 5.75 Å². The van der Waals surface area contributed by atoms with E-state index in [-0.39, 0.29) is 11.9 Å². The molecule has 3 aromatic rings. The van der Waals surface area contributed by atoms with Crippen LogP contribution < -0.4 is 0 Å². The van der Waals surface area contributed by atoms with Gasteiger partial charge in [-0.15, -0.1) is 34.4 Å². The molecule has 1 aliphatic rings. The first-order chi connectivity index (χ1) is 11.8. The van der Waals surface area contributed by atoms with Gasteiger partial charge in [-0.05, 0) is 47.0 Å². The smallest absolute Gasteiger partial charge is 0.233 e. The highest BCUT2D eigenvalue weighted by molar-refractivity contribution is 8.00. The molecule has 1 aromatic carbocycles. The third-order valence-electron chi connectivity index (χ3n) is 4.20. The summed E-state index contributed by atoms with van der Waals surface area (Å²) in [7, 11) is 0. The molecule has 1 aliphatic heterocycles. The fraction of sp³-hybridized carbons (Fsp3) is 0.211. The summed E-state index contributed by atoms with van der Waals surface area (Å²) in [5, 5.41) is 4.25. The minimum atomic E-state index is 0.0869. The Morgan fingerprint density at radius 3 is 2.75 bits per heavy atom. The van der Waals surface area contributed by atoms with E-state index in [4.69, 9.17) is 0 Å². The monoisotopic (exact) mass is 371 g/mol. The summed E-state index contributed by atoms with van der Waals surface area (Å²) in [5.74, 6) is 0.713. The van der Waals surface area contributed by atoms with Crippen molar-refractivity contribution < 1.29 is 4.79 Å². The molecular formula is C19H17NOS3. The maximum Gasteiger partial charge on any atom is 0.233 e. The van der Waals surface area contributed by atoms with Gasteiger partial charge in [-0.1, -0.05) is 24.3 Å². The Labute approximate surface area is 154 Å². The highest BCUT2D eigenvalue weighted by Gasteiger charge is 2.33. The summed E-state index contributed by atoms with van der Waals surface area (Å²) in [6.45, 7) is 0.810. The maximum absolute atomic E-state index is 12.9. The normalized spacial score (nSPS) is 16.8. The van der Waals surface area contributed by atoms with Crippen molar-refractivity contribution in [3.63, 3.8) is 0 Å². The lowest BCUT2D eigenvalue weighted by Crippen LogP contribution is -2.40. The van der Waals surface area contributed by atoms with E-state index in [1.807, 2.05) is 29.5 Å². The molecule has 122 valence electrons. The van der Waals surface area contributed by atoms with Crippen molar-refractivity contribution in [1.82, 2.24) is 4.90 Å². The van der Waals surface area contributed by atoms with E-state index < -0.39 is 0 Å². The number of amides is 1. The summed E-state index contributed by atoms with van der Waals surface area (Å²) in [6.07, 6.45) is 0.969. The molecule has 24 heavy (non-hydrogen) atoms. The first-order valence-electron chi connectivity index (χ1n) is 7.90. The summed E-state index contributed by atoms with van der Waals surface area (Å²) in [6, 6.07) is 16.6. The number of thioether (sulfide) groups is 1. The van der Waals surface area contributed by atoms with Crippen LogP contribution in [0.4, 0.5) is 0 Å². The van der Waals surface area contributed by atoms with Gasteiger partial charge in [-0.2, -0.15) is 0 Å². The maximum atomic E-state index is 12.9. The molecule has 0 fully saturated rings. The molecule has 0 saturated heterocycles. The molecule has 5 heteroatoms. The third kappa shape index (κ3) is 3.16. The van der Waals surface area contributed by atoms with Crippen molar-refractivity contribution in [2.24, 2.45) is 0 Å². The van der Waals surface area contributed by atoms with Crippen LogP contribution >= 0.6 is 34.4 Å². The lowest BCUT2D eigenvalue weighted by Gasteiger charge is -2.35. The van der Waals surface area contributed by atoms with E-state index in [2.05, 4.69) is 46.0 Å². The lowest BCUT2D eigenvalue weighted by atomic mass is 9.98. The molecule has 1 atom stereocenters. The Bertz CT molecular complexity index is 810. The van der Waals surface area contributed by atoms with Gasteiger partial charge in [0.1, 0.15) is 0 Å². The molecule has 1 amide bonds. The molecule has 3 heterocycles. The molecule has 2 aromatic heterocycles. The topological polar surface area (TPSA) is 20.3 Å². The third-order valence-corrected chi connectivity index (χ3v) is 7.12. The Morgan fingerprint density at radius 2 is 1.96 bits per heavy atom. The van der Waals surface area contributed by atoms with Crippen LogP contribution in [0.2, 0.25) is 0 Å². The average Bonchev–Trinajstić information content (AvgIpc) is 3.31. The number of carbonyl (C=O) groups is 1. The molecule has 0 saturated carbocycles. The minimum Gasteiger partial charge on any atom is -0.330 e. The summed E-state index contributed by atoms with van der Waals surface area (Å²) >= 11 is 5.17. The van der Waals surface area contributed by atoms with E-state index in [1.54, 1.807) is 23.1 Å². The van der Waals surface area contributed by atoms with E-state index in [1.165, 1.54) is 15.3 Å². The largest absolute Gasteiger partial charge is 0.330 e. The first kappa shape index (κ1) is 15.9. The molecule has 1 unspecified atom stereocenters. The SMILES string of the molecule is O=C(CSc1ccccc1)N1CCc2sccc2C1c1cccs1. The molecule has 0 spiro atoms. The van der Waals surface area contributed by atoms with Crippen molar-refractivity contribution in [3.05, 3.63) is 74.6 Å². The summed E-state index contributed by atoms with van der Waals surface area (Å²) in [4.78, 5) is 18.8. The molecular weight excluding hydrogens is 354 g/mol. The standard InChI is InChI=1S/C19H17NOS3/c21-18(13-24-14-5-2-1-3-6-14)20-10-8-16-15(9-12-23-16)19(20)17-7-4-11-22-17/h1-7,9,11-12,19H,8,10,13H2. The van der Waals surface area contributed by atoms with E-state index >= 15 is 0 Å². The highest BCUT2D eigenvalue weighted by atomic mass is 32.2. The number of hydrogen-bond acceptors (Lipinski definition) is 4. The Hall–Kier alpha value is -1.56. The van der Waals surface area contributed by atoms with Crippen molar-refractivity contribution in [3.8, 4) is 0 Å². The molecule has 4 rings (SSSR count). The molecule has 0 radical (unpaired) electrons. The van der Waals surface area contributed by atoms with Crippen molar-refractivity contribution in [1.29, 1.82) is 0 Å². The van der Waals surface area contributed by atoms with Crippen molar-refractivity contribution in [2.75, 3.05) is 12.3 Å². The van der Waals surface area contributed by atoms with Gasteiger partial charge in [-0.25, -0.2) is 0 Å². The van der Waals surface area contributed by atoms with Gasteiger partial charge < -0.3 is 4.90 Å². The zero-order valence-corrected chi connectivity index (χ0v) is 15.5. The van der Waals surface area contributed by atoms with Gasteiger partial charge in [0, 0.05) is 21.2 Å². The van der Waals surface area contributed by atoms with E-state index in [0.717, 1.165) is 17.9 Å². The van der Waals surface area contributed by atoms with Gasteiger partial charge in [-0.3, -0.25) is 4.79 Å². The Kier molecular flexibility index (Phi) is 4.74. The van der Waals surface area contributed by atoms with Crippen LogP contribution in [0, 0.1) is 0 Å². The second kappa shape index (κ2) is 7.13. The van der Waals surface area contributed by atoms with Gasteiger partial charge in [0.25, 0.3) is 0 Å². The van der Waals surface area contributed by atoms with Crippen molar-refractivity contribution in [2.45, 2.75) is 17.4 Å². The van der Waals surface area contributed by atoms with Gasteiger partial charge in [0.15, 0.2) is 0 Å². The van der Waals surface area contributed by atoms with Crippen LogP contribution in [-0.4, -0.2) is 23.1 Å². The lowest BCUT2D eigenvalue weighted by molar-refractivity contribution is -0.130. The predicted molar refractivity (Wildman–Crippen MR) is 103 cm³/mol. The van der Waals surface area contributed by atoms with Crippen LogP contribution in [0.25, 0.3) is 0 Å². The molecule has 0 bridgehead atoms. The summed E-state index contributed by atoms with van der Waals surface area (Å²) in [5.41, 5.74) is 1.31.